The zero-order valence-electron chi connectivity index (χ0n) is 19.2. The number of aryl methyl sites for hydroxylation is 2. The number of rotatable bonds is 8. The molecule has 1 unspecified atom stereocenters. The molecule has 2 heterocycles. The quantitative estimate of drug-likeness (QED) is 0.345. The number of hydrogen-bond donors (Lipinski definition) is 2. The Morgan fingerprint density at radius 1 is 1.11 bits per heavy atom. The summed E-state index contributed by atoms with van der Waals surface area (Å²) in [5.41, 5.74) is 5.32. The molecule has 3 N–H and O–H groups in total. The highest BCUT2D eigenvalue weighted by Gasteiger charge is 2.32. The molecule has 0 bridgehead atoms. The maximum Gasteiger partial charge on any atom is 0.389 e. The van der Waals surface area contributed by atoms with E-state index in [1.807, 2.05) is 0 Å². The fourth-order valence-corrected chi connectivity index (χ4v) is 3.48. The molecule has 0 aliphatic heterocycles. The summed E-state index contributed by atoms with van der Waals surface area (Å²) in [6, 6.07) is 4.58. The van der Waals surface area contributed by atoms with Crippen LogP contribution in [0.3, 0.4) is 0 Å². The Hall–Kier alpha value is -3.28. The summed E-state index contributed by atoms with van der Waals surface area (Å²) in [5, 5.41) is 6.80. The molecule has 0 aliphatic carbocycles. The Labute approximate surface area is 197 Å². The molecule has 3 aromatic rings. The number of pyridine rings is 1. The van der Waals surface area contributed by atoms with Gasteiger partial charge in [-0.15, -0.1) is 0 Å². The van der Waals surface area contributed by atoms with Crippen LogP contribution < -0.4 is 15.8 Å². The first-order valence-electron chi connectivity index (χ1n) is 10.6. The third-order valence-electron chi connectivity index (χ3n) is 5.38. The predicted molar refractivity (Wildman–Crippen MR) is 116 cm³/mol. The minimum absolute atomic E-state index is 0.0408. The predicted octanol–water partition coefficient (Wildman–Crippen LogP) is 4.74. The monoisotopic (exact) mass is 502 g/mol. The van der Waals surface area contributed by atoms with Crippen molar-refractivity contribution in [3.05, 3.63) is 64.1 Å². The molecule has 1 atom stereocenters. The van der Waals surface area contributed by atoms with Crippen LogP contribution in [0.25, 0.3) is 5.52 Å². The number of nitrogens with one attached hydrogen (secondary N) is 1. The van der Waals surface area contributed by atoms with Crippen LogP contribution >= 0.6 is 0 Å². The lowest BCUT2D eigenvalue weighted by Gasteiger charge is -2.25. The summed E-state index contributed by atoms with van der Waals surface area (Å²) >= 11 is 0. The summed E-state index contributed by atoms with van der Waals surface area (Å²) in [6.45, 7) is 3.78. The summed E-state index contributed by atoms with van der Waals surface area (Å²) in [6.07, 6.45) is -5.83. The highest BCUT2D eigenvalue weighted by atomic mass is 19.4. The molecule has 6 nitrogen and oxygen atoms in total. The topological polar surface area (TPSA) is 81.7 Å². The lowest BCUT2D eigenvalue weighted by molar-refractivity contribution is -0.137. The van der Waals surface area contributed by atoms with Crippen molar-refractivity contribution in [2.24, 2.45) is 5.73 Å². The molecule has 1 aromatic carbocycles. The van der Waals surface area contributed by atoms with Crippen molar-refractivity contribution in [1.82, 2.24) is 14.9 Å². The van der Waals surface area contributed by atoms with Crippen LogP contribution in [0, 0.1) is 31.3 Å². The number of carbonyl (C=O) groups is 1. The van der Waals surface area contributed by atoms with Gasteiger partial charge in [-0.25, -0.2) is 13.2 Å². The van der Waals surface area contributed by atoms with Crippen molar-refractivity contribution in [1.29, 1.82) is 0 Å². The number of fused-ring (bicyclic) bond motifs is 1. The maximum atomic E-state index is 14.0. The van der Waals surface area contributed by atoms with Gasteiger partial charge in [-0.1, -0.05) is 0 Å². The molecule has 3 rings (SSSR count). The van der Waals surface area contributed by atoms with Crippen LogP contribution in [-0.2, 0) is 6.61 Å². The molecule has 0 saturated carbocycles. The van der Waals surface area contributed by atoms with Crippen LogP contribution in [0.2, 0.25) is 0 Å². The minimum Gasteiger partial charge on any atom is -0.473 e. The molecular formula is C23H24F6N4O2. The Kier molecular flexibility index (Phi) is 7.34. The number of ether oxygens (including phenoxy) is 1. The average Bonchev–Trinajstić information content (AvgIpc) is 3.08. The fourth-order valence-electron chi connectivity index (χ4n) is 3.48. The molecule has 0 saturated heterocycles. The lowest BCUT2D eigenvalue weighted by Crippen LogP contribution is -2.48. The van der Waals surface area contributed by atoms with Crippen molar-refractivity contribution < 1.29 is 35.9 Å². The SMILES string of the molecule is Cc1cc(OCc2c(F)ccc(F)c2F)n2nc(C)c(C(=O)NCC(C)(N)CCC(F)(F)F)c2c1. The lowest BCUT2D eigenvalue weighted by atomic mass is 9.96. The third-order valence-corrected chi connectivity index (χ3v) is 5.38. The second kappa shape index (κ2) is 9.76. The Bertz CT molecular complexity index is 1250. The van der Waals surface area contributed by atoms with Gasteiger partial charge < -0.3 is 15.8 Å². The second-order valence-electron chi connectivity index (χ2n) is 8.69. The van der Waals surface area contributed by atoms with Gasteiger partial charge in [0.05, 0.1) is 22.3 Å². The molecule has 2 aromatic heterocycles. The number of amides is 1. The van der Waals surface area contributed by atoms with Gasteiger partial charge in [-0.2, -0.15) is 22.8 Å². The molecular weight excluding hydrogens is 478 g/mol. The number of aromatic nitrogens is 2. The molecule has 12 heteroatoms. The van der Waals surface area contributed by atoms with Crippen molar-refractivity contribution in [2.45, 2.75) is 51.9 Å². The number of nitrogens with two attached hydrogens (primary N) is 1. The van der Waals surface area contributed by atoms with Gasteiger partial charge in [0.25, 0.3) is 5.91 Å². The first-order valence-corrected chi connectivity index (χ1v) is 10.6. The fraction of sp³-hybridized carbons (Fsp3) is 0.391. The Morgan fingerprint density at radius 2 is 1.77 bits per heavy atom. The summed E-state index contributed by atoms with van der Waals surface area (Å²) in [4.78, 5) is 12.9. The Morgan fingerprint density at radius 3 is 2.43 bits per heavy atom. The van der Waals surface area contributed by atoms with Crippen LogP contribution in [-0.4, -0.2) is 33.8 Å². The molecule has 1 amide bonds. The number of benzene rings is 1. The Balaban J connectivity index is 1.84. The van der Waals surface area contributed by atoms with E-state index in [9.17, 15) is 31.1 Å². The van der Waals surface area contributed by atoms with Gasteiger partial charge in [-0.05, 0) is 51.0 Å². The van der Waals surface area contributed by atoms with Gasteiger partial charge in [0.1, 0.15) is 12.4 Å². The largest absolute Gasteiger partial charge is 0.473 e. The average molecular weight is 502 g/mol. The van der Waals surface area contributed by atoms with E-state index in [1.165, 1.54) is 24.4 Å². The number of halogens is 6. The molecule has 35 heavy (non-hydrogen) atoms. The van der Waals surface area contributed by atoms with E-state index >= 15 is 0 Å². The van der Waals surface area contributed by atoms with Crippen LogP contribution in [0.1, 0.15) is 46.9 Å². The van der Waals surface area contributed by atoms with Crippen molar-refractivity contribution in [3.63, 3.8) is 0 Å². The van der Waals surface area contributed by atoms with E-state index in [-0.39, 0.29) is 30.1 Å². The van der Waals surface area contributed by atoms with Gasteiger partial charge >= 0.3 is 6.18 Å². The standard InChI is InChI=1S/C23H24F6N4O2/c1-12-8-17-19(21(34)31-11-22(3,30)6-7-23(27,28)29)13(2)32-33(17)18(9-12)35-10-14-15(24)4-5-16(25)20(14)26/h4-5,8-9H,6-7,10-11,30H2,1-3H3,(H,31,34). The highest BCUT2D eigenvalue weighted by molar-refractivity contribution is 6.02. The normalized spacial score (nSPS) is 13.7. The van der Waals surface area contributed by atoms with Crippen molar-refractivity contribution in [3.8, 4) is 5.88 Å². The molecule has 190 valence electrons. The van der Waals surface area contributed by atoms with Gasteiger partial charge in [0.15, 0.2) is 11.6 Å². The van der Waals surface area contributed by atoms with Gasteiger partial charge in [-0.3, -0.25) is 4.79 Å². The highest BCUT2D eigenvalue weighted by Crippen LogP contribution is 2.27. The van der Waals surface area contributed by atoms with Crippen molar-refractivity contribution >= 4 is 11.4 Å². The van der Waals surface area contributed by atoms with Crippen molar-refractivity contribution in [2.75, 3.05) is 6.54 Å². The van der Waals surface area contributed by atoms with E-state index in [1.54, 1.807) is 13.0 Å². The van der Waals surface area contributed by atoms with E-state index in [0.717, 1.165) is 6.07 Å². The number of nitrogens with zero attached hydrogens (tertiary/aromatic N) is 2. The first kappa shape index (κ1) is 26.3. The summed E-state index contributed by atoms with van der Waals surface area (Å²) < 4.78 is 85.8. The molecule has 0 fully saturated rings. The van der Waals surface area contributed by atoms with Gasteiger partial charge in [0.2, 0.25) is 5.88 Å². The molecule has 0 aliphatic rings. The number of hydrogen-bond acceptors (Lipinski definition) is 4. The van der Waals surface area contributed by atoms with E-state index in [0.29, 0.717) is 17.1 Å². The third kappa shape index (κ3) is 6.24. The summed E-state index contributed by atoms with van der Waals surface area (Å²) in [7, 11) is 0. The van der Waals surface area contributed by atoms with E-state index in [2.05, 4.69) is 10.4 Å². The van der Waals surface area contributed by atoms with Crippen LogP contribution in [0.5, 0.6) is 5.88 Å². The smallest absolute Gasteiger partial charge is 0.389 e. The van der Waals surface area contributed by atoms with Gasteiger partial charge in [0, 0.05) is 24.6 Å². The zero-order valence-corrected chi connectivity index (χ0v) is 19.2. The summed E-state index contributed by atoms with van der Waals surface area (Å²) in [5.74, 6) is -4.16. The van der Waals surface area contributed by atoms with Crippen LogP contribution in [0.15, 0.2) is 24.3 Å². The minimum atomic E-state index is -4.37. The molecule has 0 radical (unpaired) electrons. The van der Waals surface area contributed by atoms with E-state index < -0.39 is 53.7 Å². The second-order valence-corrected chi connectivity index (χ2v) is 8.69. The zero-order chi connectivity index (χ0) is 26.1. The first-order chi connectivity index (χ1) is 16.2. The number of carbonyl (C=O) groups excluding carboxylic acids is 1. The molecule has 0 spiro atoms. The van der Waals surface area contributed by atoms with Crippen LogP contribution in [0.4, 0.5) is 26.3 Å². The van der Waals surface area contributed by atoms with E-state index in [4.69, 9.17) is 10.5 Å². The number of alkyl halides is 3. The maximum absolute atomic E-state index is 14.0.